The number of carboxylic acids is 1. The maximum atomic E-state index is 12.4. The number of carbonyl (C=O) groups is 2. The molecule has 7 heteroatoms. The van der Waals surface area contributed by atoms with E-state index in [4.69, 9.17) is 9.47 Å². The van der Waals surface area contributed by atoms with E-state index in [-0.39, 0.29) is 24.8 Å². The van der Waals surface area contributed by atoms with Crippen LogP contribution in [0.1, 0.15) is 26.7 Å². The van der Waals surface area contributed by atoms with E-state index in [1.165, 1.54) is 0 Å². The topological polar surface area (TPSA) is 88.1 Å². The number of methoxy groups -OCH3 is 1. The van der Waals surface area contributed by atoms with Crippen molar-refractivity contribution >= 4 is 12.0 Å². The molecule has 2 N–H and O–H groups in total. The van der Waals surface area contributed by atoms with Crippen molar-refractivity contribution in [3.05, 3.63) is 0 Å². The average molecular weight is 300 g/mol. The lowest BCUT2D eigenvalue weighted by molar-refractivity contribution is -0.148. The Morgan fingerprint density at radius 3 is 2.76 bits per heavy atom. The zero-order valence-corrected chi connectivity index (χ0v) is 12.8. The van der Waals surface area contributed by atoms with Crippen molar-refractivity contribution in [2.75, 3.05) is 33.4 Å². The van der Waals surface area contributed by atoms with E-state index in [1.54, 1.807) is 18.9 Å². The highest BCUT2D eigenvalue weighted by Crippen LogP contribution is 2.29. The summed E-state index contributed by atoms with van der Waals surface area (Å²) in [5.41, 5.74) is -1.41. The van der Waals surface area contributed by atoms with E-state index < -0.39 is 17.4 Å². The lowest BCUT2D eigenvalue weighted by Crippen LogP contribution is -2.57. The molecule has 120 valence electrons. The Kier molecular flexibility index (Phi) is 4.43. The van der Waals surface area contributed by atoms with Crippen LogP contribution in [0.4, 0.5) is 4.79 Å². The van der Waals surface area contributed by atoms with Crippen LogP contribution in [0.5, 0.6) is 0 Å². The third kappa shape index (κ3) is 3.13. The molecule has 2 rings (SSSR count). The van der Waals surface area contributed by atoms with Crippen LogP contribution < -0.4 is 5.32 Å². The van der Waals surface area contributed by atoms with Gasteiger partial charge in [-0.3, -0.25) is 4.79 Å². The lowest BCUT2D eigenvalue weighted by Gasteiger charge is -2.40. The fourth-order valence-electron chi connectivity index (χ4n) is 2.87. The number of rotatable bonds is 3. The van der Waals surface area contributed by atoms with Crippen LogP contribution in [0.25, 0.3) is 0 Å². The average Bonchev–Trinajstić information content (AvgIpc) is 2.81. The van der Waals surface area contributed by atoms with Gasteiger partial charge in [0.2, 0.25) is 0 Å². The largest absolute Gasteiger partial charge is 0.481 e. The van der Waals surface area contributed by atoms with Gasteiger partial charge in [-0.15, -0.1) is 0 Å². The molecule has 7 nitrogen and oxygen atoms in total. The molecule has 3 atom stereocenters. The van der Waals surface area contributed by atoms with Gasteiger partial charge in [-0.25, -0.2) is 4.79 Å². The van der Waals surface area contributed by atoms with Gasteiger partial charge in [-0.05, 0) is 26.7 Å². The molecule has 2 saturated heterocycles. The van der Waals surface area contributed by atoms with Gasteiger partial charge in [0, 0.05) is 13.7 Å². The van der Waals surface area contributed by atoms with E-state index >= 15 is 0 Å². The standard InChI is InChI=1S/C14H24N2O5/c1-13(20-3)5-4-6-16(8-13)12(19)15-10-7-21-9-14(10,2)11(17)18/h10H,4-9H2,1-3H3,(H,15,19)(H,17,18). The van der Waals surface area contributed by atoms with Crippen LogP contribution in [0.15, 0.2) is 0 Å². The second-order valence-electron chi connectivity index (χ2n) is 6.42. The van der Waals surface area contributed by atoms with Crippen LogP contribution in [-0.2, 0) is 14.3 Å². The summed E-state index contributed by atoms with van der Waals surface area (Å²) in [6.07, 6.45) is 1.78. The van der Waals surface area contributed by atoms with Crippen LogP contribution >= 0.6 is 0 Å². The Morgan fingerprint density at radius 1 is 1.43 bits per heavy atom. The molecule has 2 fully saturated rings. The van der Waals surface area contributed by atoms with Crippen molar-refractivity contribution in [3.8, 4) is 0 Å². The molecular formula is C14H24N2O5. The number of urea groups is 1. The summed E-state index contributed by atoms with van der Waals surface area (Å²) in [5, 5.41) is 12.1. The molecule has 21 heavy (non-hydrogen) atoms. The summed E-state index contributed by atoms with van der Waals surface area (Å²) in [5.74, 6) is -0.953. The van der Waals surface area contributed by atoms with E-state index in [1.807, 2.05) is 6.92 Å². The lowest BCUT2D eigenvalue weighted by atomic mass is 9.85. The number of hydrogen-bond acceptors (Lipinski definition) is 4. The predicted octanol–water partition coefficient (Wildman–Crippen LogP) is 0.687. The summed E-state index contributed by atoms with van der Waals surface area (Å²) in [6, 6.07) is -0.765. The number of ether oxygens (including phenoxy) is 2. The highest BCUT2D eigenvalue weighted by Gasteiger charge is 2.48. The zero-order chi connectivity index (χ0) is 15.7. The first-order valence-electron chi connectivity index (χ1n) is 7.22. The molecule has 2 aliphatic heterocycles. The number of carbonyl (C=O) groups excluding carboxylic acids is 1. The van der Waals surface area contributed by atoms with Gasteiger partial charge in [-0.1, -0.05) is 0 Å². The first-order chi connectivity index (χ1) is 9.81. The molecule has 0 aliphatic carbocycles. The van der Waals surface area contributed by atoms with E-state index in [2.05, 4.69) is 5.32 Å². The summed E-state index contributed by atoms with van der Waals surface area (Å²) in [7, 11) is 1.65. The fraction of sp³-hybridized carbons (Fsp3) is 0.857. The summed E-state index contributed by atoms with van der Waals surface area (Å²) < 4.78 is 10.7. The van der Waals surface area contributed by atoms with Crippen molar-refractivity contribution in [2.45, 2.75) is 38.3 Å². The first kappa shape index (κ1) is 16.0. The minimum absolute atomic E-state index is 0.114. The highest BCUT2D eigenvalue weighted by molar-refractivity contribution is 5.79. The van der Waals surface area contributed by atoms with Crippen molar-refractivity contribution in [2.24, 2.45) is 5.41 Å². The molecule has 0 bridgehead atoms. The van der Waals surface area contributed by atoms with Crippen LogP contribution in [0.3, 0.4) is 0 Å². The van der Waals surface area contributed by atoms with Gasteiger partial charge in [0.25, 0.3) is 0 Å². The normalized spacial score (nSPS) is 36.5. The Bertz CT molecular complexity index is 430. The Morgan fingerprint density at radius 2 is 2.14 bits per heavy atom. The van der Waals surface area contributed by atoms with Gasteiger partial charge in [0.05, 0.1) is 31.4 Å². The number of piperidine rings is 1. The quantitative estimate of drug-likeness (QED) is 0.800. The van der Waals surface area contributed by atoms with Crippen molar-refractivity contribution < 1.29 is 24.2 Å². The van der Waals surface area contributed by atoms with Gasteiger partial charge in [-0.2, -0.15) is 0 Å². The number of nitrogens with one attached hydrogen (secondary N) is 1. The molecule has 0 aromatic carbocycles. The summed E-state index contributed by atoms with van der Waals surface area (Å²) >= 11 is 0. The van der Waals surface area contributed by atoms with Crippen LogP contribution in [0, 0.1) is 5.41 Å². The maximum Gasteiger partial charge on any atom is 0.317 e. The monoisotopic (exact) mass is 300 g/mol. The van der Waals surface area contributed by atoms with Gasteiger partial charge >= 0.3 is 12.0 Å². The SMILES string of the molecule is COC1(C)CCCN(C(=O)NC2COCC2(C)C(=O)O)C1. The molecule has 2 heterocycles. The van der Waals surface area contributed by atoms with E-state index in [0.29, 0.717) is 13.1 Å². The molecule has 0 spiro atoms. The fourth-order valence-corrected chi connectivity index (χ4v) is 2.87. The van der Waals surface area contributed by atoms with E-state index in [0.717, 1.165) is 12.8 Å². The van der Waals surface area contributed by atoms with Gasteiger partial charge < -0.3 is 24.8 Å². The highest BCUT2D eigenvalue weighted by atomic mass is 16.5. The number of likely N-dealkylation sites (tertiary alicyclic amines) is 1. The number of nitrogens with zero attached hydrogens (tertiary/aromatic N) is 1. The molecule has 2 aliphatic rings. The molecule has 0 radical (unpaired) electrons. The number of aliphatic carboxylic acids is 1. The molecular weight excluding hydrogens is 276 g/mol. The second kappa shape index (κ2) is 5.81. The molecule has 0 aromatic heterocycles. The Labute approximate surface area is 124 Å². The van der Waals surface area contributed by atoms with E-state index in [9.17, 15) is 14.7 Å². The Balaban J connectivity index is 2.00. The van der Waals surface area contributed by atoms with Crippen LogP contribution in [-0.4, -0.2) is 67.1 Å². The summed E-state index contributed by atoms with van der Waals surface area (Å²) in [4.78, 5) is 25.4. The maximum absolute atomic E-state index is 12.4. The second-order valence-corrected chi connectivity index (χ2v) is 6.42. The third-order valence-corrected chi connectivity index (χ3v) is 4.68. The third-order valence-electron chi connectivity index (χ3n) is 4.68. The van der Waals surface area contributed by atoms with Gasteiger partial charge in [0.1, 0.15) is 5.41 Å². The number of hydrogen-bond donors (Lipinski definition) is 2. The van der Waals surface area contributed by atoms with Crippen LogP contribution in [0.2, 0.25) is 0 Å². The Hall–Kier alpha value is -1.34. The zero-order valence-electron chi connectivity index (χ0n) is 12.8. The van der Waals surface area contributed by atoms with Crippen molar-refractivity contribution in [1.82, 2.24) is 10.2 Å². The molecule has 3 unspecified atom stereocenters. The van der Waals surface area contributed by atoms with Crippen molar-refractivity contribution in [3.63, 3.8) is 0 Å². The number of amides is 2. The first-order valence-corrected chi connectivity index (χ1v) is 7.22. The predicted molar refractivity (Wildman–Crippen MR) is 75.1 cm³/mol. The molecule has 2 amide bonds. The smallest absolute Gasteiger partial charge is 0.317 e. The van der Waals surface area contributed by atoms with Crippen molar-refractivity contribution in [1.29, 1.82) is 0 Å². The minimum atomic E-state index is -1.07. The minimum Gasteiger partial charge on any atom is -0.481 e. The molecule has 0 saturated carbocycles. The molecule has 0 aromatic rings. The summed E-state index contributed by atoms with van der Waals surface area (Å²) in [6.45, 7) is 5.08. The van der Waals surface area contributed by atoms with Gasteiger partial charge in [0.15, 0.2) is 0 Å². The number of carboxylic acid groups (broad SMARTS) is 1.